The third kappa shape index (κ3) is 3.92. The molecule has 1 N–H and O–H groups in total. The van der Waals surface area contributed by atoms with E-state index in [4.69, 9.17) is 0 Å². The average molecular weight is 369 g/mol. The number of hydrogen-bond donors (Lipinski definition) is 1. The van der Waals surface area contributed by atoms with Crippen LogP contribution in [0.4, 0.5) is 11.5 Å². The molecular formula is C16H15N7S2. The summed E-state index contributed by atoms with van der Waals surface area (Å²) >= 11 is 2.98. The van der Waals surface area contributed by atoms with Gasteiger partial charge in [-0.25, -0.2) is 9.97 Å². The van der Waals surface area contributed by atoms with Crippen molar-refractivity contribution in [3.63, 3.8) is 0 Å². The van der Waals surface area contributed by atoms with Crippen LogP contribution in [0, 0.1) is 11.3 Å². The minimum atomic E-state index is 0.440. The fourth-order valence-corrected chi connectivity index (χ4v) is 3.30. The van der Waals surface area contributed by atoms with E-state index in [1.807, 2.05) is 37.4 Å². The lowest BCUT2D eigenvalue weighted by molar-refractivity contribution is 0.752. The van der Waals surface area contributed by atoms with E-state index in [9.17, 15) is 5.26 Å². The molecule has 0 spiro atoms. The SMILES string of the molecule is CCSc1nc(Nc2cccc(-n3nccn3)c2)c(C#N)c(SC)n1. The van der Waals surface area contributed by atoms with Crippen LogP contribution in [-0.2, 0) is 0 Å². The molecule has 2 aromatic heterocycles. The molecular weight excluding hydrogens is 354 g/mol. The van der Waals surface area contributed by atoms with E-state index in [-0.39, 0.29) is 0 Å². The maximum Gasteiger partial charge on any atom is 0.190 e. The largest absolute Gasteiger partial charge is 0.339 e. The molecule has 0 radical (unpaired) electrons. The lowest BCUT2D eigenvalue weighted by atomic mass is 10.2. The molecule has 9 heteroatoms. The molecule has 0 amide bonds. The van der Waals surface area contributed by atoms with Gasteiger partial charge in [-0.3, -0.25) is 0 Å². The Balaban J connectivity index is 1.98. The fraction of sp³-hybridized carbons (Fsp3) is 0.188. The molecule has 25 heavy (non-hydrogen) atoms. The number of anilines is 2. The van der Waals surface area contributed by atoms with Crippen molar-refractivity contribution in [3.05, 3.63) is 42.2 Å². The number of rotatable bonds is 6. The van der Waals surface area contributed by atoms with Crippen molar-refractivity contribution in [1.29, 1.82) is 5.26 Å². The first kappa shape index (κ1) is 17.3. The molecule has 0 saturated carbocycles. The molecule has 7 nitrogen and oxygen atoms in total. The maximum absolute atomic E-state index is 9.52. The predicted molar refractivity (Wildman–Crippen MR) is 99.6 cm³/mol. The van der Waals surface area contributed by atoms with E-state index in [2.05, 4.69) is 31.6 Å². The summed E-state index contributed by atoms with van der Waals surface area (Å²) in [7, 11) is 0. The first-order valence-corrected chi connectivity index (χ1v) is 9.69. The normalized spacial score (nSPS) is 10.4. The molecule has 0 atom stereocenters. The monoisotopic (exact) mass is 369 g/mol. The summed E-state index contributed by atoms with van der Waals surface area (Å²) in [6.07, 6.45) is 5.14. The number of nitriles is 1. The van der Waals surface area contributed by atoms with E-state index in [0.29, 0.717) is 21.6 Å². The van der Waals surface area contributed by atoms with E-state index >= 15 is 0 Å². The van der Waals surface area contributed by atoms with Crippen molar-refractivity contribution in [2.24, 2.45) is 0 Å². The van der Waals surface area contributed by atoms with Crippen molar-refractivity contribution in [1.82, 2.24) is 25.0 Å². The second kappa shape index (κ2) is 8.00. The molecule has 3 rings (SSSR count). The smallest absolute Gasteiger partial charge is 0.190 e. The number of nitrogens with one attached hydrogen (secondary N) is 1. The number of hydrogen-bond acceptors (Lipinski definition) is 8. The standard InChI is InChI=1S/C16H15N7S2/c1-3-25-16-21-14(13(10-17)15(22-16)24-2)20-11-5-4-6-12(9-11)23-18-7-8-19-23/h4-9H,3H2,1-2H3,(H,20,21,22). The van der Waals surface area contributed by atoms with E-state index < -0.39 is 0 Å². The third-order valence-electron chi connectivity index (χ3n) is 3.19. The van der Waals surface area contributed by atoms with Crippen LogP contribution in [0.3, 0.4) is 0 Å². The van der Waals surface area contributed by atoms with E-state index in [0.717, 1.165) is 17.1 Å². The topological polar surface area (TPSA) is 92.3 Å². The highest BCUT2D eigenvalue weighted by atomic mass is 32.2. The molecule has 0 aliphatic heterocycles. The van der Waals surface area contributed by atoms with Gasteiger partial charge in [0.25, 0.3) is 0 Å². The van der Waals surface area contributed by atoms with Crippen LogP contribution in [0.5, 0.6) is 0 Å². The summed E-state index contributed by atoms with van der Waals surface area (Å²) in [4.78, 5) is 10.5. The van der Waals surface area contributed by atoms with Crippen LogP contribution in [-0.4, -0.2) is 37.0 Å². The Labute approximate surface area is 153 Å². The first-order chi connectivity index (χ1) is 12.2. The van der Waals surface area contributed by atoms with Crippen LogP contribution in [0.15, 0.2) is 46.8 Å². The van der Waals surface area contributed by atoms with Crippen molar-refractivity contribution in [3.8, 4) is 11.8 Å². The van der Waals surface area contributed by atoms with Gasteiger partial charge in [0, 0.05) is 5.69 Å². The van der Waals surface area contributed by atoms with Gasteiger partial charge in [-0.2, -0.15) is 20.3 Å². The second-order valence-corrected chi connectivity index (χ2v) is 6.80. The number of aromatic nitrogens is 5. The van der Waals surface area contributed by atoms with E-state index in [1.165, 1.54) is 16.6 Å². The molecule has 1 aromatic carbocycles. The Morgan fingerprint density at radius 1 is 1.24 bits per heavy atom. The zero-order valence-electron chi connectivity index (χ0n) is 13.7. The summed E-state index contributed by atoms with van der Waals surface area (Å²) in [5.74, 6) is 1.36. The molecule has 3 aromatic rings. The lowest BCUT2D eigenvalue weighted by Crippen LogP contribution is -2.04. The zero-order chi connectivity index (χ0) is 17.6. The van der Waals surface area contributed by atoms with Gasteiger partial charge in [0.15, 0.2) is 11.0 Å². The van der Waals surface area contributed by atoms with E-state index in [1.54, 1.807) is 24.2 Å². The minimum absolute atomic E-state index is 0.440. The lowest BCUT2D eigenvalue weighted by Gasteiger charge is -2.12. The fourth-order valence-electron chi connectivity index (χ4n) is 2.15. The molecule has 0 aliphatic rings. The van der Waals surface area contributed by atoms with Crippen molar-refractivity contribution >= 4 is 35.0 Å². The molecule has 0 saturated heterocycles. The Kier molecular flexibility index (Phi) is 5.53. The van der Waals surface area contributed by atoms with Crippen molar-refractivity contribution < 1.29 is 0 Å². The van der Waals surface area contributed by atoms with Gasteiger partial charge < -0.3 is 5.32 Å². The van der Waals surface area contributed by atoms with Crippen LogP contribution >= 0.6 is 23.5 Å². The Hall–Kier alpha value is -2.57. The third-order valence-corrected chi connectivity index (χ3v) is 4.60. The van der Waals surface area contributed by atoms with Crippen molar-refractivity contribution in [2.75, 3.05) is 17.3 Å². The summed E-state index contributed by atoms with van der Waals surface area (Å²) in [6, 6.07) is 9.80. The van der Waals surface area contributed by atoms with Gasteiger partial charge in [0.1, 0.15) is 16.7 Å². The number of thioether (sulfide) groups is 2. The molecule has 0 aliphatic carbocycles. The second-order valence-electron chi connectivity index (χ2n) is 4.78. The number of nitrogens with zero attached hydrogens (tertiary/aromatic N) is 6. The highest BCUT2D eigenvalue weighted by Gasteiger charge is 2.14. The Bertz CT molecular complexity index is 903. The average Bonchev–Trinajstić information content (AvgIpc) is 3.16. The predicted octanol–water partition coefficient (Wildman–Crippen LogP) is 3.51. The van der Waals surface area contributed by atoms with Crippen LogP contribution in [0.2, 0.25) is 0 Å². The quantitative estimate of drug-likeness (QED) is 0.401. The maximum atomic E-state index is 9.52. The highest BCUT2D eigenvalue weighted by Crippen LogP contribution is 2.29. The van der Waals surface area contributed by atoms with Gasteiger partial charge in [-0.15, -0.1) is 11.8 Å². The first-order valence-electron chi connectivity index (χ1n) is 7.48. The number of benzene rings is 1. The van der Waals surface area contributed by atoms with Gasteiger partial charge in [0.2, 0.25) is 0 Å². The molecule has 0 unspecified atom stereocenters. The molecule has 0 bridgehead atoms. The summed E-state index contributed by atoms with van der Waals surface area (Å²) < 4.78 is 0. The summed E-state index contributed by atoms with van der Waals surface area (Å²) in [5, 5.41) is 22.3. The van der Waals surface area contributed by atoms with Crippen LogP contribution < -0.4 is 5.32 Å². The molecule has 0 fully saturated rings. The van der Waals surface area contributed by atoms with Crippen molar-refractivity contribution in [2.45, 2.75) is 17.1 Å². The van der Waals surface area contributed by atoms with Gasteiger partial charge in [-0.05, 0) is 30.2 Å². The Morgan fingerprint density at radius 2 is 2.04 bits per heavy atom. The summed E-state index contributed by atoms with van der Waals surface area (Å²) in [6.45, 7) is 2.04. The minimum Gasteiger partial charge on any atom is -0.339 e. The van der Waals surface area contributed by atoms with Crippen LogP contribution in [0.25, 0.3) is 5.69 Å². The van der Waals surface area contributed by atoms with Gasteiger partial charge in [-0.1, -0.05) is 24.8 Å². The van der Waals surface area contributed by atoms with Gasteiger partial charge >= 0.3 is 0 Å². The zero-order valence-corrected chi connectivity index (χ0v) is 15.3. The van der Waals surface area contributed by atoms with Crippen LogP contribution in [0.1, 0.15) is 12.5 Å². The van der Waals surface area contributed by atoms with Gasteiger partial charge in [0.05, 0.1) is 18.1 Å². The highest BCUT2D eigenvalue weighted by molar-refractivity contribution is 7.99. The molecule has 126 valence electrons. The summed E-state index contributed by atoms with van der Waals surface area (Å²) in [5.41, 5.74) is 2.05. The molecule has 2 heterocycles. The Morgan fingerprint density at radius 3 is 2.72 bits per heavy atom.